The zero-order valence-electron chi connectivity index (χ0n) is 23.4. The van der Waals surface area contributed by atoms with Crippen LogP contribution < -0.4 is 0 Å². The Bertz CT molecular complexity index is 730. The molecule has 0 radical (unpaired) electrons. The zero-order valence-corrected chi connectivity index (χ0v) is 23.4. The summed E-state index contributed by atoms with van der Waals surface area (Å²) in [6, 6.07) is 0. The van der Waals surface area contributed by atoms with Crippen LogP contribution in [0.5, 0.6) is 0 Å². The van der Waals surface area contributed by atoms with Gasteiger partial charge in [-0.25, -0.2) is 0 Å². The van der Waals surface area contributed by atoms with Gasteiger partial charge in [0.15, 0.2) is 0 Å². The maximum atomic E-state index is 4.45. The Morgan fingerprint density at radius 3 is 1.53 bits per heavy atom. The molecule has 0 amide bonds. The number of rotatable bonds is 14. The first-order chi connectivity index (χ1) is 15.0. The summed E-state index contributed by atoms with van der Waals surface area (Å²) in [4.78, 5) is 0. The largest absolute Gasteiger partial charge is 0.0911 e. The summed E-state index contributed by atoms with van der Waals surface area (Å²) in [5.74, 6) is 2.61. The summed E-state index contributed by atoms with van der Waals surface area (Å²) in [6.45, 7) is 27.6. The van der Waals surface area contributed by atoms with E-state index in [1.54, 1.807) is 0 Å². The molecular weight excluding hydrogens is 384 g/mol. The standard InChI is InChI=1S/C32H54/c1-22(2)15-12-16-23(3)17-13-18-24(4)19-14-20-25(5)21-26(6)32-30(10)28(8)27(7)29(9)31(32)11/h21-24H,6,12-20H2,1-5,7-11H3/b25-21+. The van der Waals surface area contributed by atoms with Gasteiger partial charge in [-0.05, 0) is 111 Å². The minimum atomic E-state index is 0.848. The molecule has 0 nitrogen and oxygen atoms in total. The zero-order chi connectivity index (χ0) is 24.4. The molecule has 0 N–H and O–H groups in total. The SMILES string of the molecule is C=C(/C=C(\C)CCCC(C)CCCC(C)CCCC(C)C)c1c(C)c(C)c(C)c(C)c1C. The van der Waals surface area contributed by atoms with Gasteiger partial charge in [0.05, 0.1) is 0 Å². The lowest BCUT2D eigenvalue weighted by Crippen LogP contribution is -2.02. The van der Waals surface area contributed by atoms with E-state index < -0.39 is 0 Å². The average Bonchev–Trinajstić information content (AvgIpc) is 2.70. The monoisotopic (exact) mass is 438 g/mol. The van der Waals surface area contributed by atoms with Crippen LogP contribution in [0.15, 0.2) is 18.2 Å². The van der Waals surface area contributed by atoms with Crippen molar-refractivity contribution in [2.24, 2.45) is 17.8 Å². The lowest BCUT2D eigenvalue weighted by Gasteiger charge is -2.19. The summed E-state index contributed by atoms with van der Waals surface area (Å²) >= 11 is 0. The third kappa shape index (κ3) is 9.29. The minimum Gasteiger partial charge on any atom is -0.0911 e. The van der Waals surface area contributed by atoms with Crippen molar-refractivity contribution in [3.63, 3.8) is 0 Å². The van der Waals surface area contributed by atoms with Crippen LogP contribution >= 0.6 is 0 Å². The molecule has 182 valence electrons. The maximum absolute atomic E-state index is 4.45. The Morgan fingerprint density at radius 2 is 1.06 bits per heavy atom. The highest BCUT2D eigenvalue weighted by molar-refractivity contribution is 5.78. The van der Waals surface area contributed by atoms with Gasteiger partial charge in [0.1, 0.15) is 0 Å². The van der Waals surface area contributed by atoms with E-state index in [9.17, 15) is 0 Å². The van der Waals surface area contributed by atoms with Crippen LogP contribution in [0.2, 0.25) is 0 Å². The minimum absolute atomic E-state index is 0.848. The summed E-state index contributed by atoms with van der Waals surface area (Å²) in [6.07, 6.45) is 14.6. The van der Waals surface area contributed by atoms with Crippen molar-refractivity contribution < 1.29 is 0 Å². The van der Waals surface area contributed by atoms with E-state index in [0.717, 1.165) is 17.8 Å². The summed E-state index contributed by atoms with van der Waals surface area (Å²) < 4.78 is 0. The normalized spacial score (nSPS) is 14.2. The smallest absolute Gasteiger partial charge is 0.0126 e. The van der Waals surface area contributed by atoms with Crippen molar-refractivity contribution >= 4 is 5.57 Å². The molecule has 32 heavy (non-hydrogen) atoms. The molecule has 1 aromatic rings. The summed E-state index contributed by atoms with van der Waals surface area (Å²) in [7, 11) is 0. The maximum Gasteiger partial charge on any atom is -0.0126 e. The van der Waals surface area contributed by atoms with Crippen molar-refractivity contribution in [1.82, 2.24) is 0 Å². The van der Waals surface area contributed by atoms with Gasteiger partial charge in [-0.15, -0.1) is 0 Å². The van der Waals surface area contributed by atoms with Crippen LogP contribution in [-0.4, -0.2) is 0 Å². The molecule has 2 atom stereocenters. The lowest BCUT2D eigenvalue weighted by molar-refractivity contribution is 0.389. The second-order valence-corrected chi connectivity index (χ2v) is 11.4. The van der Waals surface area contributed by atoms with Gasteiger partial charge in [0, 0.05) is 0 Å². The van der Waals surface area contributed by atoms with Gasteiger partial charge in [0.2, 0.25) is 0 Å². The van der Waals surface area contributed by atoms with Crippen molar-refractivity contribution in [1.29, 1.82) is 0 Å². The molecule has 0 spiro atoms. The summed E-state index contributed by atoms with van der Waals surface area (Å²) in [5.41, 5.74) is 11.1. The molecule has 0 aromatic heterocycles. The third-order valence-electron chi connectivity index (χ3n) is 7.88. The fourth-order valence-electron chi connectivity index (χ4n) is 5.13. The lowest BCUT2D eigenvalue weighted by atomic mass is 9.86. The first kappa shape index (κ1) is 28.7. The molecule has 0 aliphatic rings. The van der Waals surface area contributed by atoms with Crippen LogP contribution in [0.1, 0.15) is 126 Å². The van der Waals surface area contributed by atoms with Gasteiger partial charge < -0.3 is 0 Å². The van der Waals surface area contributed by atoms with Gasteiger partial charge in [-0.2, -0.15) is 0 Å². The highest BCUT2D eigenvalue weighted by Gasteiger charge is 2.13. The second-order valence-electron chi connectivity index (χ2n) is 11.4. The molecule has 0 aliphatic heterocycles. The molecule has 0 heterocycles. The Hall–Kier alpha value is -1.30. The van der Waals surface area contributed by atoms with E-state index in [0.29, 0.717) is 0 Å². The first-order valence-corrected chi connectivity index (χ1v) is 13.4. The van der Waals surface area contributed by atoms with Crippen molar-refractivity contribution in [3.05, 3.63) is 51.6 Å². The first-order valence-electron chi connectivity index (χ1n) is 13.4. The summed E-state index contributed by atoms with van der Waals surface area (Å²) in [5, 5.41) is 0. The van der Waals surface area contributed by atoms with Gasteiger partial charge in [0.25, 0.3) is 0 Å². The predicted molar refractivity (Wildman–Crippen MR) is 148 cm³/mol. The molecular formula is C32H54. The topological polar surface area (TPSA) is 0 Å². The molecule has 0 saturated heterocycles. The van der Waals surface area contributed by atoms with E-state index in [-0.39, 0.29) is 0 Å². The molecule has 0 fully saturated rings. The fraction of sp³-hybridized carbons (Fsp3) is 0.688. The van der Waals surface area contributed by atoms with E-state index in [4.69, 9.17) is 0 Å². The van der Waals surface area contributed by atoms with Gasteiger partial charge >= 0.3 is 0 Å². The van der Waals surface area contributed by atoms with E-state index in [1.165, 1.54) is 102 Å². The van der Waals surface area contributed by atoms with Crippen LogP contribution in [-0.2, 0) is 0 Å². The molecule has 1 aromatic carbocycles. The molecule has 0 heteroatoms. The quantitative estimate of drug-likeness (QED) is 0.253. The van der Waals surface area contributed by atoms with Crippen molar-refractivity contribution in [3.8, 4) is 0 Å². The van der Waals surface area contributed by atoms with E-state index >= 15 is 0 Å². The predicted octanol–water partition coefficient (Wildman–Crippen LogP) is 10.6. The second kappa shape index (κ2) is 14.1. The van der Waals surface area contributed by atoms with Gasteiger partial charge in [-0.3, -0.25) is 0 Å². The third-order valence-corrected chi connectivity index (χ3v) is 7.88. The van der Waals surface area contributed by atoms with Crippen LogP contribution in [0.25, 0.3) is 5.57 Å². The Labute approximate surface area is 202 Å². The van der Waals surface area contributed by atoms with E-state index in [1.807, 2.05) is 0 Å². The Balaban J connectivity index is 2.45. The van der Waals surface area contributed by atoms with Crippen molar-refractivity contribution in [2.45, 2.75) is 127 Å². The van der Waals surface area contributed by atoms with Crippen LogP contribution in [0.3, 0.4) is 0 Å². The fourth-order valence-corrected chi connectivity index (χ4v) is 5.13. The highest BCUT2D eigenvalue weighted by Crippen LogP contribution is 2.32. The van der Waals surface area contributed by atoms with E-state index in [2.05, 4.69) is 81.9 Å². The highest BCUT2D eigenvalue weighted by atomic mass is 14.2. The molecule has 1 rings (SSSR count). The Morgan fingerprint density at radius 1 is 0.656 bits per heavy atom. The Kier molecular flexibility index (Phi) is 12.6. The number of allylic oxidation sites excluding steroid dienone is 3. The molecule has 0 saturated carbocycles. The number of benzene rings is 1. The molecule has 0 bridgehead atoms. The van der Waals surface area contributed by atoms with Crippen LogP contribution in [0, 0.1) is 52.4 Å². The molecule has 0 aliphatic carbocycles. The van der Waals surface area contributed by atoms with Gasteiger partial charge in [-0.1, -0.05) is 90.9 Å². The number of hydrogen-bond donors (Lipinski definition) is 0. The number of hydrogen-bond acceptors (Lipinski definition) is 0. The average molecular weight is 439 g/mol. The van der Waals surface area contributed by atoms with Crippen molar-refractivity contribution in [2.75, 3.05) is 0 Å². The molecule has 2 unspecified atom stereocenters. The van der Waals surface area contributed by atoms with Crippen LogP contribution in [0.4, 0.5) is 0 Å².